The topological polar surface area (TPSA) is 0 Å². The second-order valence-corrected chi connectivity index (χ2v) is 3.62. The Morgan fingerprint density at radius 3 is 2.43 bits per heavy atom. The molecule has 0 saturated carbocycles. The summed E-state index contributed by atoms with van der Waals surface area (Å²) in [5.74, 6) is 0.625. The summed E-state index contributed by atoms with van der Waals surface area (Å²) in [6.07, 6.45) is 1.87. The van der Waals surface area contributed by atoms with Crippen LogP contribution >= 0.6 is 11.8 Å². The minimum absolute atomic E-state index is 0. The van der Waals surface area contributed by atoms with Crippen molar-refractivity contribution in [1.29, 1.82) is 0 Å². The predicted octanol–water partition coefficient (Wildman–Crippen LogP) is -0.392. The third-order valence-corrected chi connectivity index (χ3v) is 2.26. The van der Waals surface area contributed by atoms with Gasteiger partial charge in [0, 0.05) is 5.75 Å². The molecule has 0 N–H and O–H groups in total. The molecule has 0 radical (unpaired) electrons. The van der Waals surface area contributed by atoms with E-state index in [1.807, 2.05) is 6.26 Å². The van der Waals surface area contributed by atoms with Crippen molar-refractivity contribution in [2.75, 3.05) is 6.26 Å². The number of thioether (sulfide) groups is 1. The quantitative estimate of drug-likeness (QED) is 0.652. The molecule has 0 atom stereocenters. The van der Waals surface area contributed by atoms with Gasteiger partial charge in [0.05, 0.1) is 0 Å². The van der Waals surface area contributed by atoms with Gasteiger partial charge in [-0.15, -0.1) is 5.46 Å². The summed E-state index contributed by atoms with van der Waals surface area (Å²) >= 11 is 1.51. The molecule has 0 aromatic heterocycles. The molecule has 0 nitrogen and oxygen atoms in total. The van der Waals surface area contributed by atoms with Crippen LogP contribution < -0.4 is 56.8 Å². The Kier molecular flexibility index (Phi) is 7.10. The Bertz CT molecular complexity index is 290. The van der Waals surface area contributed by atoms with Crippen molar-refractivity contribution in [2.24, 2.45) is 0 Å². The monoisotopic (exact) mass is 244 g/mol. The van der Waals surface area contributed by atoms with E-state index in [2.05, 4.69) is 0 Å². The van der Waals surface area contributed by atoms with E-state index in [-0.39, 0.29) is 51.4 Å². The van der Waals surface area contributed by atoms with Crippen LogP contribution in [0.2, 0.25) is 0 Å². The second-order valence-electron chi connectivity index (χ2n) is 2.75. The molecule has 0 bridgehead atoms. The van der Waals surface area contributed by atoms with Crippen molar-refractivity contribution in [1.82, 2.24) is 0 Å². The van der Waals surface area contributed by atoms with Crippen molar-refractivity contribution < 1.29 is 64.3 Å². The largest absolute Gasteiger partial charge is 1.00 e. The summed E-state index contributed by atoms with van der Waals surface area (Å²) in [7, 11) is 0. The molecule has 0 spiro atoms. The van der Waals surface area contributed by atoms with Gasteiger partial charge in [0.25, 0.3) is 0 Å². The minimum atomic E-state index is -4.85. The molecule has 1 aromatic rings. The summed E-state index contributed by atoms with van der Waals surface area (Å²) in [6.45, 7) is -4.85. The molecular weight excluding hydrogens is 235 g/mol. The first kappa shape index (κ1) is 15.1. The molecule has 1 aromatic carbocycles. The standard InChI is InChI=1S/C8H9BF3S.K/c1-13-6-7-3-2-4-8(5-7)9(10,11)12;/h2-5H,6H2,1H3;/q-1;+1. The van der Waals surface area contributed by atoms with E-state index in [0.717, 1.165) is 11.6 Å². The number of rotatable bonds is 3. The third-order valence-electron chi connectivity index (χ3n) is 1.64. The fraction of sp³-hybridized carbons (Fsp3) is 0.250. The molecule has 0 amide bonds. The Labute approximate surface area is 129 Å². The molecule has 0 aliphatic heterocycles. The molecule has 72 valence electrons. The van der Waals surface area contributed by atoms with Crippen LogP contribution in [0.4, 0.5) is 12.9 Å². The molecule has 0 unspecified atom stereocenters. The molecular formula is C8H9BF3KS. The Morgan fingerprint density at radius 1 is 1.29 bits per heavy atom. The molecule has 0 heterocycles. The summed E-state index contributed by atoms with van der Waals surface area (Å²) < 4.78 is 36.8. The van der Waals surface area contributed by atoms with E-state index < -0.39 is 12.4 Å². The van der Waals surface area contributed by atoms with E-state index in [9.17, 15) is 12.9 Å². The molecule has 6 heteroatoms. The SMILES string of the molecule is CSCc1cccc([B-](F)(F)F)c1.[K+]. The number of hydrogen-bond acceptors (Lipinski definition) is 1. The first-order valence-electron chi connectivity index (χ1n) is 3.82. The fourth-order valence-electron chi connectivity index (χ4n) is 1.05. The van der Waals surface area contributed by atoms with E-state index in [1.165, 1.54) is 23.9 Å². The van der Waals surface area contributed by atoms with Crippen molar-refractivity contribution in [2.45, 2.75) is 5.75 Å². The van der Waals surface area contributed by atoms with Gasteiger partial charge in [0.1, 0.15) is 0 Å². The van der Waals surface area contributed by atoms with E-state index in [0.29, 0.717) is 5.75 Å². The van der Waals surface area contributed by atoms with Crippen molar-refractivity contribution in [3.8, 4) is 0 Å². The molecule has 0 saturated heterocycles. The normalized spacial score (nSPS) is 10.9. The fourth-order valence-corrected chi connectivity index (χ4v) is 1.57. The Hall–Kier alpha value is 1.06. The van der Waals surface area contributed by atoms with Gasteiger partial charge in [-0.2, -0.15) is 11.8 Å². The van der Waals surface area contributed by atoms with Crippen LogP contribution in [-0.2, 0) is 5.75 Å². The maximum absolute atomic E-state index is 12.3. The first-order valence-corrected chi connectivity index (χ1v) is 5.21. The average Bonchev–Trinajstić information content (AvgIpc) is 2.04. The van der Waals surface area contributed by atoms with Gasteiger partial charge in [-0.1, -0.05) is 24.3 Å². The van der Waals surface area contributed by atoms with Crippen LogP contribution in [0.3, 0.4) is 0 Å². The van der Waals surface area contributed by atoms with Crippen LogP contribution in [-0.4, -0.2) is 13.2 Å². The second kappa shape index (κ2) is 6.60. The van der Waals surface area contributed by atoms with Gasteiger partial charge < -0.3 is 12.9 Å². The van der Waals surface area contributed by atoms with Crippen LogP contribution in [0.5, 0.6) is 0 Å². The third kappa shape index (κ3) is 4.72. The average molecular weight is 244 g/mol. The maximum atomic E-state index is 12.3. The first-order chi connectivity index (χ1) is 6.04. The van der Waals surface area contributed by atoms with E-state index in [4.69, 9.17) is 0 Å². The van der Waals surface area contributed by atoms with Crippen molar-refractivity contribution in [3.05, 3.63) is 29.8 Å². The van der Waals surface area contributed by atoms with Crippen LogP contribution in [0, 0.1) is 0 Å². The Morgan fingerprint density at radius 2 is 1.93 bits per heavy atom. The molecule has 0 fully saturated rings. The summed E-state index contributed by atoms with van der Waals surface area (Å²) in [5, 5.41) is 0. The van der Waals surface area contributed by atoms with Gasteiger partial charge >= 0.3 is 58.4 Å². The summed E-state index contributed by atoms with van der Waals surface area (Å²) in [5.41, 5.74) is 0.218. The molecule has 0 aliphatic rings. The smallest absolute Gasteiger partial charge is 0.445 e. The van der Waals surface area contributed by atoms with Crippen molar-refractivity contribution in [3.63, 3.8) is 0 Å². The minimum Gasteiger partial charge on any atom is -0.445 e. The van der Waals surface area contributed by atoms with E-state index >= 15 is 0 Å². The number of hydrogen-bond donors (Lipinski definition) is 0. The maximum Gasteiger partial charge on any atom is 1.00 e. The number of benzene rings is 1. The zero-order chi connectivity index (χ0) is 9.90. The summed E-state index contributed by atoms with van der Waals surface area (Å²) in [6, 6.07) is 5.50. The van der Waals surface area contributed by atoms with Gasteiger partial charge in [0.15, 0.2) is 0 Å². The van der Waals surface area contributed by atoms with Crippen LogP contribution in [0.25, 0.3) is 0 Å². The zero-order valence-electron chi connectivity index (χ0n) is 8.14. The summed E-state index contributed by atoms with van der Waals surface area (Å²) in [4.78, 5) is 0. The molecule has 1 rings (SSSR count). The van der Waals surface area contributed by atoms with Gasteiger partial charge in [-0.3, -0.25) is 0 Å². The number of halogens is 3. The van der Waals surface area contributed by atoms with Crippen LogP contribution in [0.1, 0.15) is 5.56 Å². The van der Waals surface area contributed by atoms with Crippen molar-refractivity contribution >= 4 is 24.2 Å². The molecule has 0 aliphatic carbocycles. The van der Waals surface area contributed by atoms with Crippen LogP contribution in [0.15, 0.2) is 24.3 Å². The van der Waals surface area contributed by atoms with Gasteiger partial charge in [-0.05, 0) is 11.8 Å². The predicted molar refractivity (Wildman–Crippen MR) is 52.4 cm³/mol. The van der Waals surface area contributed by atoms with E-state index in [1.54, 1.807) is 6.07 Å². The van der Waals surface area contributed by atoms with Gasteiger partial charge in [0.2, 0.25) is 0 Å². The Balaban J connectivity index is 0.00000169. The zero-order valence-corrected chi connectivity index (χ0v) is 12.1. The van der Waals surface area contributed by atoms with Gasteiger partial charge in [-0.25, -0.2) is 0 Å². The molecule has 14 heavy (non-hydrogen) atoms.